The van der Waals surface area contributed by atoms with Crippen LogP contribution >= 0.6 is 0 Å². The fourth-order valence-electron chi connectivity index (χ4n) is 1.20. The van der Waals surface area contributed by atoms with Crippen molar-refractivity contribution < 1.29 is 19.4 Å². The molecule has 0 aliphatic carbocycles. The number of amides is 2. The van der Waals surface area contributed by atoms with E-state index < -0.39 is 23.6 Å². The summed E-state index contributed by atoms with van der Waals surface area (Å²) in [5.74, 6) is -0.455. The lowest BCUT2D eigenvalue weighted by atomic mass is 10.2. The second-order valence-corrected chi connectivity index (χ2v) is 4.30. The van der Waals surface area contributed by atoms with E-state index in [1.165, 1.54) is 12.2 Å². The first kappa shape index (κ1) is 11.7. The first-order valence-corrected chi connectivity index (χ1v) is 4.70. The Morgan fingerprint density at radius 1 is 1.60 bits per heavy atom. The number of rotatable bonds is 1. The van der Waals surface area contributed by atoms with Gasteiger partial charge in [0.15, 0.2) is 0 Å². The van der Waals surface area contributed by atoms with Crippen LogP contribution in [0, 0.1) is 0 Å². The van der Waals surface area contributed by atoms with Crippen LogP contribution in [-0.2, 0) is 9.53 Å². The van der Waals surface area contributed by atoms with E-state index in [-0.39, 0.29) is 6.61 Å². The van der Waals surface area contributed by atoms with Crippen molar-refractivity contribution in [3.63, 3.8) is 0 Å². The number of aliphatic hydroxyl groups excluding tert-OH is 1. The Labute approximate surface area is 88.3 Å². The van der Waals surface area contributed by atoms with E-state index in [1.54, 1.807) is 20.8 Å². The van der Waals surface area contributed by atoms with Gasteiger partial charge in [0.25, 0.3) is 5.91 Å². The molecule has 15 heavy (non-hydrogen) atoms. The number of hydrogen-bond donors (Lipinski definition) is 1. The lowest BCUT2D eigenvalue weighted by Crippen LogP contribution is -2.44. The molecule has 1 heterocycles. The monoisotopic (exact) mass is 213 g/mol. The number of aliphatic hydroxyl groups is 1. The van der Waals surface area contributed by atoms with Crippen molar-refractivity contribution in [2.45, 2.75) is 32.4 Å². The van der Waals surface area contributed by atoms with Gasteiger partial charge in [0.2, 0.25) is 0 Å². The molecule has 0 aromatic heterocycles. The highest BCUT2D eigenvalue weighted by atomic mass is 16.6. The maximum atomic E-state index is 11.6. The van der Waals surface area contributed by atoms with Gasteiger partial charge in [-0.25, -0.2) is 9.69 Å². The predicted molar refractivity (Wildman–Crippen MR) is 53.1 cm³/mol. The molecule has 84 valence electrons. The Morgan fingerprint density at radius 2 is 2.20 bits per heavy atom. The summed E-state index contributed by atoms with van der Waals surface area (Å²) >= 11 is 0. The number of carbonyl (C=O) groups is 2. The molecule has 0 fully saturated rings. The maximum absolute atomic E-state index is 11.6. The Hall–Kier alpha value is -1.36. The van der Waals surface area contributed by atoms with E-state index in [0.29, 0.717) is 0 Å². The topological polar surface area (TPSA) is 66.8 Å². The SMILES string of the molecule is CC(C)(C)OC(=O)N1C(=O)C=C[C@H]1CO. The van der Waals surface area contributed by atoms with Gasteiger partial charge in [-0.15, -0.1) is 0 Å². The second kappa shape index (κ2) is 4.02. The van der Waals surface area contributed by atoms with Crippen LogP contribution in [0.3, 0.4) is 0 Å². The molecular formula is C10H15NO4. The Kier molecular flexibility index (Phi) is 3.14. The lowest BCUT2D eigenvalue weighted by molar-refractivity contribution is -0.125. The summed E-state index contributed by atoms with van der Waals surface area (Å²) < 4.78 is 5.04. The minimum Gasteiger partial charge on any atom is -0.443 e. The largest absolute Gasteiger partial charge is 0.443 e. The fourth-order valence-corrected chi connectivity index (χ4v) is 1.20. The maximum Gasteiger partial charge on any atom is 0.417 e. The minimum atomic E-state index is -0.725. The number of ether oxygens (including phenoxy) is 1. The Bertz CT molecular complexity index is 303. The van der Waals surface area contributed by atoms with Crippen LogP contribution < -0.4 is 0 Å². The van der Waals surface area contributed by atoms with Crippen molar-refractivity contribution >= 4 is 12.0 Å². The average Bonchev–Trinajstić information content (AvgIpc) is 2.43. The van der Waals surface area contributed by atoms with Crippen LogP contribution in [0.4, 0.5) is 4.79 Å². The van der Waals surface area contributed by atoms with Gasteiger partial charge in [-0.2, -0.15) is 0 Å². The van der Waals surface area contributed by atoms with Gasteiger partial charge in [0, 0.05) is 6.08 Å². The number of hydrogen-bond acceptors (Lipinski definition) is 4. The second-order valence-electron chi connectivity index (χ2n) is 4.30. The molecule has 0 unspecified atom stereocenters. The summed E-state index contributed by atoms with van der Waals surface area (Å²) in [6.07, 6.45) is 2.01. The lowest BCUT2D eigenvalue weighted by Gasteiger charge is -2.26. The van der Waals surface area contributed by atoms with Crippen molar-refractivity contribution in [1.29, 1.82) is 0 Å². The summed E-state index contributed by atoms with van der Waals surface area (Å²) in [4.78, 5) is 23.8. The average molecular weight is 213 g/mol. The molecule has 0 radical (unpaired) electrons. The molecule has 5 nitrogen and oxygen atoms in total. The predicted octanol–water partition coefficient (Wildman–Crippen LogP) is 0.681. The standard InChI is InChI=1S/C10H15NO4/c1-10(2,3)15-9(14)11-7(6-12)4-5-8(11)13/h4-5,7,12H,6H2,1-3H3/t7-/m0/s1. The highest BCUT2D eigenvalue weighted by Gasteiger charge is 2.34. The highest BCUT2D eigenvalue weighted by molar-refractivity contribution is 6.01. The minimum absolute atomic E-state index is 0.290. The van der Waals surface area contributed by atoms with Crippen LogP contribution in [0.5, 0.6) is 0 Å². The Balaban J connectivity index is 2.71. The van der Waals surface area contributed by atoms with Gasteiger partial charge >= 0.3 is 6.09 Å². The van der Waals surface area contributed by atoms with E-state index in [2.05, 4.69) is 0 Å². The first-order chi connectivity index (χ1) is 6.85. The highest BCUT2D eigenvalue weighted by Crippen LogP contribution is 2.16. The van der Waals surface area contributed by atoms with Gasteiger partial charge in [-0.05, 0) is 20.8 Å². The normalized spacial score (nSPS) is 20.9. The number of nitrogens with zero attached hydrogens (tertiary/aromatic N) is 1. The molecule has 1 aliphatic rings. The zero-order valence-corrected chi connectivity index (χ0v) is 9.06. The molecule has 1 aliphatic heterocycles. The fraction of sp³-hybridized carbons (Fsp3) is 0.600. The van der Waals surface area contributed by atoms with Crippen LogP contribution in [0.1, 0.15) is 20.8 Å². The summed E-state index contributed by atoms with van der Waals surface area (Å²) in [6.45, 7) is 4.86. The molecule has 5 heteroatoms. The zero-order chi connectivity index (χ0) is 11.6. The molecule has 0 bridgehead atoms. The molecule has 0 aromatic rings. The van der Waals surface area contributed by atoms with Gasteiger partial charge in [0.1, 0.15) is 5.60 Å². The smallest absolute Gasteiger partial charge is 0.417 e. The van der Waals surface area contributed by atoms with Gasteiger partial charge in [0.05, 0.1) is 12.6 Å². The number of carbonyl (C=O) groups excluding carboxylic acids is 2. The molecule has 0 spiro atoms. The number of imide groups is 1. The third kappa shape index (κ3) is 2.79. The summed E-state index contributed by atoms with van der Waals surface area (Å²) in [7, 11) is 0. The molecule has 0 aromatic carbocycles. The van der Waals surface area contributed by atoms with Gasteiger partial charge < -0.3 is 9.84 Å². The molecule has 1 rings (SSSR count). The molecular weight excluding hydrogens is 198 g/mol. The third-order valence-electron chi connectivity index (χ3n) is 1.81. The van der Waals surface area contributed by atoms with Crippen LogP contribution in [0.25, 0.3) is 0 Å². The third-order valence-corrected chi connectivity index (χ3v) is 1.81. The molecule has 1 atom stereocenters. The summed E-state index contributed by atoms with van der Waals surface area (Å²) in [5.41, 5.74) is -0.653. The summed E-state index contributed by atoms with van der Waals surface area (Å²) in [5, 5.41) is 8.95. The van der Waals surface area contributed by atoms with E-state index in [9.17, 15) is 9.59 Å². The van der Waals surface area contributed by atoms with Crippen molar-refractivity contribution in [3.05, 3.63) is 12.2 Å². The zero-order valence-electron chi connectivity index (χ0n) is 9.06. The first-order valence-electron chi connectivity index (χ1n) is 4.70. The van der Waals surface area contributed by atoms with Crippen LogP contribution in [0.2, 0.25) is 0 Å². The van der Waals surface area contributed by atoms with Crippen LogP contribution in [-0.4, -0.2) is 40.3 Å². The van der Waals surface area contributed by atoms with Gasteiger partial charge in [-0.1, -0.05) is 6.08 Å². The van der Waals surface area contributed by atoms with E-state index >= 15 is 0 Å². The van der Waals surface area contributed by atoms with E-state index in [4.69, 9.17) is 9.84 Å². The molecule has 0 saturated carbocycles. The molecule has 0 saturated heterocycles. The van der Waals surface area contributed by atoms with E-state index in [0.717, 1.165) is 4.90 Å². The van der Waals surface area contributed by atoms with Crippen molar-refractivity contribution in [3.8, 4) is 0 Å². The molecule has 1 N–H and O–H groups in total. The van der Waals surface area contributed by atoms with Crippen molar-refractivity contribution in [2.24, 2.45) is 0 Å². The van der Waals surface area contributed by atoms with Crippen molar-refractivity contribution in [1.82, 2.24) is 4.90 Å². The van der Waals surface area contributed by atoms with Crippen LogP contribution in [0.15, 0.2) is 12.2 Å². The Morgan fingerprint density at radius 3 is 2.67 bits per heavy atom. The van der Waals surface area contributed by atoms with Gasteiger partial charge in [-0.3, -0.25) is 4.79 Å². The molecule has 2 amide bonds. The van der Waals surface area contributed by atoms with E-state index in [1.807, 2.05) is 0 Å². The van der Waals surface area contributed by atoms with Crippen molar-refractivity contribution in [2.75, 3.05) is 6.61 Å². The summed E-state index contributed by atoms with van der Waals surface area (Å²) in [6, 6.07) is -0.604. The quantitative estimate of drug-likeness (QED) is 0.695.